The Kier molecular flexibility index (Phi) is 2.87. The average Bonchev–Trinajstić information content (AvgIpc) is 2.28. The zero-order chi connectivity index (χ0) is 12.4. The van der Waals surface area contributed by atoms with Crippen molar-refractivity contribution >= 4 is 16.7 Å². The molecule has 0 aliphatic carbocycles. The predicted molar refractivity (Wildman–Crippen MR) is 63.7 cm³/mol. The minimum atomic E-state index is -1.20. The van der Waals surface area contributed by atoms with Crippen molar-refractivity contribution in [3.05, 3.63) is 35.9 Å². The molecular weight excluding hydrogens is 220 g/mol. The van der Waals surface area contributed by atoms with E-state index in [1.165, 1.54) is 6.07 Å². The second-order valence-corrected chi connectivity index (χ2v) is 3.56. The van der Waals surface area contributed by atoms with Gasteiger partial charge < -0.3 is 14.9 Å². The Morgan fingerprint density at radius 2 is 2.06 bits per heavy atom. The Morgan fingerprint density at radius 3 is 2.71 bits per heavy atom. The molecule has 0 saturated carbocycles. The molecule has 0 fully saturated rings. The van der Waals surface area contributed by atoms with Crippen molar-refractivity contribution in [3.8, 4) is 11.5 Å². The van der Waals surface area contributed by atoms with Gasteiger partial charge in [0.1, 0.15) is 17.1 Å². The molecule has 17 heavy (non-hydrogen) atoms. The monoisotopic (exact) mass is 232 g/mol. The van der Waals surface area contributed by atoms with Crippen molar-refractivity contribution in [1.82, 2.24) is 0 Å². The van der Waals surface area contributed by atoms with E-state index >= 15 is 0 Å². The quantitative estimate of drug-likeness (QED) is 0.853. The number of benzene rings is 2. The SMILES string of the molecule is CCOc1c(C(=O)O)c(O)cc2ccccc12. The van der Waals surface area contributed by atoms with Crippen molar-refractivity contribution in [2.24, 2.45) is 0 Å². The van der Waals surface area contributed by atoms with Gasteiger partial charge in [-0.2, -0.15) is 0 Å². The minimum Gasteiger partial charge on any atom is -0.507 e. The minimum absolute atomic E-state index is 0.189. The fourth-order valence-corrected chi connectivity index (χ4v) is 1.80. The van der Waals surface area contributed by atoms with E-state index in [2.05, 4.69) is 0 Å². The Labute approximate surface area is 98.1 Å². The molecule has 0 spiro atoms. The van der Waals surface area contributed by atoms with Crippen LogP contribution in [0.5, 0.6) is 11.5 Å². The van der Waals surface area contributed by atoms with Crippen LogP contribution >= 0.6 is 0 Å². The van der Waals surface area contributed by atoms with E-state index in [1.54, 1.807) is 25.1 Å². The summed E-state index contributed by atoms with van der Waals surface area (Å²) in [6, 6.07) is 8.61. The van der Waals surface area contributed by atoms with Gasteiger partial charge in [0.15, 0.2) is 0 Å². The van der Waals surface area contributed by atoms with E-state index < -0.39 is 5.97 Å². The fourth-order valence-electron chi connectivity index (χ4n) is 1.80. The number of carbonyl (C=O) groups is 1. The summed E-state index contributed by atoms with van der Waals surface area (Å²) in [7, 11) is 0. The van der Waals surface area contributed by atoms with Crippen molar-refractivity contribution in [2.75, 3.05) is 6.61 Å². The van der Waals surface area contributed by atoms with E-state index in [0.29, 0.717) is 12.0 Å². The molecule has 0 amide bonds. The van der Waals surface area contributed by atoms with Crippen LogP contribution < -0.4 is 4.74 Å². The molecule has 0 aromatic heterocycles. The summed E-state index contributed by atoms with van der Waals surface area (Å²) in [5.74, 6) is -1.26. The van der Waals surface area contributed by atoms with Crippen LogP contribution in [0.2, 0.25) is 0 Å². The third kappa shape index (κ3) is 1.89. The highest BCUT2D eigenvalue weighted by molar-refractivity contribution is 6.03. The lowest BCUT2D eigenvalue weighted by molar-refractivity contribution is 0.0689. The first-order chi connectivity index (χ1) is 8.15. The van der Waals surface area contributed by atoms with Gasteiger partial charge in [-0.15, -0.1) is 0 Å². The number of rotatable bonds is 3. The van der Waals surface area contributed by atoms with Crippen LogP contribution in [0, 0.1) is 0 Å². The summed E-state index contributed by atoms with van der Waals surface area (Å²) in [6.45, 7) is 2.11. The summed E-state index contributed by atoms with van der Waals surface area (Å²) in [5, 5.41) is 20.3. The molecule has 2 aromatic carbocycles. The molecule has 2 rings (SSSR count). The lowest BCUT2D eigenvalue weighted by atomic mass is 10.0. The summed E-state index contributed by atoms with van der Waals surface area (Å²) >= 11 is 0. The van der Waals surface area contributed by atoms with Gasteiger partial charge in [0.25, 0.3) is 0 Å². The molecule has 4 nitrogen and oxygen atoms in total. The van der Waals surface area contributed by atoms with E-state index in [1.807, 2.05) is 6.07 Å². The van der Waals surface area contributed by atoms with Gasteiger partial charge in [-0.05, 0) is 18.4 Å². The van der Waals surface area contributed by atoms with E-state index in [9.17, 15) is 9.90 Å². The predicted octanol–water partition coefficient (Wildman–Crippen LogP) is 2.64. The number of fused-ring (bicyclic) bond motifs is 1. The Balaban J connectivity index is 2.83. The van der Waals surface area contributed by atoms with Crippen LogP contribution in [0.15, 0.2) is 30.3 Å². The molecule has 0 bridgehead atoms. The van der Waals surface area contributed by atoms with Crippen molar-refractivity contribution in [2.45, 2.75) is 6.92 Å². The molecule has 2 aromatic rings. The molecule has 4 heteroatoms. The summed E-state index contributed by atoms with van der Waals surface area (Å²) in [4.78, 5) is 11.1. The largest absolute Gasteiger partial charge is 0.507 e. The topological polar surface area (TPSA) is 66.8 Å². The molecular formula is C13H12O4. The van der Waals surface area contributed by atoms with Crippen LogP contribution in [-0.2, 0) is 0 Å². The number of aromatic hydroxyl groups is 1. The highest BCUT2D eigenvalue weighted by Crippen LogP contribution is 2.36. The second kappa shape index (κ2) is 4.33. The van der Waals surface area contributed by atoms with E-state index in [4.69, 9.17) is 9.84 Å². The first-order valence-electron chi connectivity index (χ1n) is 5.26. The molecule has 0 aliphatic rings. The Hall–Kier alpha value is -2.23. The molecule has 0 heterocycles. The third-order valence-electron chi connectivity index (χ3n) is 2.48. The highest BCUT2D eigenvalue weighted by Gasteiger charge is 2.19. The lowest BCUT2D eigenvalue weighted by Crippen LogP contribution is -2.04. The molecule has 0 unspecified atom stereocenters. The van der Waals surface area contributed by atoms with Crippen LogP contribution in [-0.4, -0.2) is 22.8 Å². The van der Waals surface area contributed by atoms with Gasteiger partial charge >= 0.3 is 5.97 Å². The molecule has 2 N–H and O–H groups in total. The van der Waals surface area contributed by atoms with Gasteiger partial charge in [-0.3, -0.25) is 0 Å². The van der Waals surface area contributed by atoms with Gasteiger partial charge in [0.05, 0.1) is 6.61 Å². The average molecular weight is 232 g/mol. The van der Waals surface area contributed by atoms with Crippen LogP contribution in [0.1, 0.15) is 17.3 Å². The highest BCUT2D eigenvalue weighted by atomic mass is 16.5. The van der Waals surface area contributed by atoms with Crippen molar-refractivity contribution < 1.29 is 19.7 Å². The maximum atomic E-state index is 11.1. The number of ether oxygens (including phenoxy) is 1. The van der Waals surface area contributed by atoms with Crippen LogP contribution in [0.25, 0.3) is 10.8 Å². The van der Waals surface area contributed by atoms with E-state index in [0.717, 1.165) is 5.39 Å². The van der Waals surface area contributed by atoms with Crippen molar-refractivity contribution in [3.63, 3.8) is 0 Å². The van der Waals surface area contributed by atoms with Gasteiger partial charge in [0, 0.05) is 5.39 Å². The number of carboxylic acids is 1. The summed E-state index contributed by atoms with van der Waals surface area (Å²) in [6.07, 6.45) is 0. The van der Waals surface area contributed by atoms with Gasteiger partial charge in [-0.25, -0.2) is 4.79 Å². The van der Waals surface area contributed by atoms with E-state index in [-0.39, 0.29) is 17.1 Å². The number of hydrogen-bond acceptors (Lipinski definition) is 3. The van der Waals surface area contributed by atoms with Gasteiger partial charge in [-0.1, -0.05) is 24.3 Å². The first-order valence-corrected chi connectivity index (χ1v) is 5.26. The molecule has 0 atom stereocenters. The summed E-state index contributed by atoms with van der Waals surface area (Å²) < 4.78 is 5.35. The van der Waals surface area contributed by atoms with Crippen LogP contribution in [0.4, 0.5) is 0 Å². The normalized spacial score (nSPS) is 10.4. The van der Waals surface area contributed by atoms with Crippen molar-refractivity contribution in [1.29, 1.82) is 0 Å². The first kappa shape index (κ1) is 11.3. The third-order valence-corrected chi connectivity index (χ3v) is 2.48. The summed E-state index contributed by atoms with van der Waals surface area (Å²) in [5.41, 5.74) is -0.189. The van der Waals surface area contributed by atoms with Gasteiger partial charge in [0.2, 0.25) is 0 Å². The second-order valence-electron chi connectivity index (χ2n) is 3.56. The molecule has 0 saturated heterocycles. The Morgan fingerprint density at radius 1 is 1.35 bits per heavy atom. The number of phenols is 1. The lowest BCUT2D eigenvalue weighted by Gasteiger charge is -2.12. The maximum Gasteiger partial charge on any atom is 0.343 e. The molecule has 0 aliphatic heterocycles. The fraction of sp³-hybridized carbons (Fsp3) is 0.154. The molecule has 0 radical (unpaired) electrons. The number of hydrogen-bond donors (Lipinski definition) is 2. The Bertz CT molecular complexity index is 575. The zero-order valence-corrected chi connectivity index (χ0v) is 9.30. The number of aromatic carboxylic acids is 1. The zero-order valence-electron chi connectivity index (χ0n) is 9.30. The smallest absolute Gasteiger partial charge is 0.343 e. The standard InChI is InChI=1S/C13H12O4/c1-2-17-12-9-6-4-3-5-8(9)7-10(14)11(12)13(15)16/h3-7,14H,2H2,1H3,(H,15,16). The number of carboxylic acid groups (broad SMARTS) is 1. The molecule has 88 valence electrons. The van der Waals surface area contributed by atoms with Crippen LogP contribution in [0.3, 0.4) is 0 Å². The maximum absolute atomic E-state index is 11.1.